The third kappa shape index (κ3) is 4.13. The fourth-order valence-electron chi connectivity index (χ4n) is 3.34. The molecule has 0 fully saturated rings. The van der Waals surface area contributed by atoms with E-state index in [0.29, 0.717) is 28.8 Å². The zero-order valence-electron chi connectivity index (χ0n) is 16.5. The average molecular weight is 452 g/mol. The Morgan fingerprint density at radius 3 is 2.68 bits per heavy atom. The standard InChI is InChI=1S/C23H18ClN3O3S/c1-2-29-17-8-6-16(7-9-17)27-21(26-22(28)18(13-25)23(27)31)20-11-10-19(30-20)14-4-3-5-15(24)12-14/h3-12,21,31H,2H2,1H3,(H,26,28). The van der Waals surface area contributed by atoms with E-state index in [1.165, 1.54) is 0 Å². The van der Waals surface area contributed by atoms with Gasteiger partial charge in [-0.15, -0.1) is 12.6 Å². The van der Waals surface area contributed by atoms with Crippen molar-refractivity contribution in [1.82, 2.24) is 5.32 Å². The third-order valence-electron chi connectivity index (χ3n) is 4.75. The second kappa shape index (κ2) is 8.80. The van der Waals surface area contributed by atoms with E-state index in [1.54, 1.807) is 23.1 Å². The van der Waals surface area contributed by atoms with Crippen LogP contribution in [-0.2, 0) is 4.79 Å². The fraction of sp³-hybridized carbons (Fsp3) is 0.130. The van der Waals surface area contributed by atoms with Gasteiger partial charge in [0.25, 0.3) is 5.91 Å². The van der Waals surface area contributed by atoms with Crippen LogP contribution in [0.5, 0.6) is 5.75 Å². The van der Waals surface area contributed by atoms with Gasteiger partial charge in [0.05, 0.1) is 11.6 Å². The van der Waals surface area contributed by atoms with Crippen LogP contribution in [-0.4, -0.2) is 12.5 Å². The molecule has 31 heavy (non-hydrogen) atoms. The molecule has 3 aromatic rings. The largest absolute Gasteiger partial charge is 0.494 e. The van der Waals surface area contributed by atoms with E-state index in [0.717, 1.165) is 11.3 Å². The van der Waals surface area contributed by atoms with E-state index in [9.17, 15) is 10.1 Å². The van der Waals surface area contributed by atoms with E-state index in [2.05, 4.69) is 17.9 Å². The lowest BCUT2D eigenvalue weighted by molar-refractivity contribution is -0.118. The second-order valence-corrected chi connectivity index (χ2v) is 7.56. The van der Waals surface area contributed by atoms with Gasteiger partial charge in [0.2, 0.25) is 0 Å². The van der Waals surface area contributed by atoms with Crippen LogP contribution >= 0.6 is 24.2 Å². The Morgan fingerprint density at radius 2 is 2.00 bits per heavy atom. The molecule has 4 rings (SSSR count). The molecule has 8 heteroatoms. The molecule has 0 saturated carbocycles. The summed E-state index contributed by atoms with van der Waals surface area (Å²) in [6.45, 7) is 2.46. The number of hydrogen-bond acceptors (Lipinski definition) is 6. The van der Waals surface area contributed by atoms with Crippen LogP contribution < -0.4 is 15.0 Å². The van der Waals surface area contributed by atoms with Gasteiger partial charge in [0.1, 0.15) is 28.9 Å². The third-order valence-corrected chi connectivity index (χ3v) is 5.42. The molecule has 1 amide bonds. The van der Waals surface area contributed by atoms with Crippen molar-refractivity contribution in [3.8, 4) is 23.1 Å². The average Bonchev–Trinajstić information content (AvgIpc) is 3.25. The van der Waals surface area contributed by atoms with Gasteiger partial charge in [-0.3, -0.25) is 4.79 Å². The van der Waals surface area contributed by atoms with Crippen molar-refractivity contribution in [3.63, 3.8) is 0 Å². The number of thiol groups is 1. The molecule has 2 aromatic carbocycles. The molecule has 1 aromatic heterocycles. The van der Waals surface area contributed by atoms with Gasteiger partial charge in [-0.1, -0.05) is 23.7 Å². The van der Waals surface area contributed by atoms with E-state index in [4.69, 9.17) is 20.8 Å². The van der Waals surface area contributed by atoms with Crippen LogP contribution in [0.4, 0.5) is 5.69 Å². The minimum absolute atomic E-state index is 0.0740. The first-order valence-electron chi connectivity index (χ1n) is 9.53. The van der Waals surface area contributed by atoms with Crippen LogP contribution in [0, 0.1) is 11.3 Å². The van der Waals surface area contributed by atoms with E-state index in [1.807, 2.05) is 55.5 Å². The first-order chi connectivity index (χ1) is 15.0. The minimum Gasteiger partial charge on any atom is -0.494 e. The number of nitrogens with zero attached hydrogens (tertiary/aromatic N) is 2. The van der Waals surface area contributed by atoms with Crippen LogP contribution in [0.1, 0.15) is 18.8 Å². The number of ether oxygens (including phenoxy) is 1. The van der Waals surface area contributed by atoms with Gasteiger partial charge in [-0.2, -0.15) is 5.26 Å². The highest BCUT2D eigenvalue weighted by Crippen LogP contribution is 2.38. The molecule has 1 unspecified atom stereocenters. The predicted octanol–water partition coefficient (Wildman–Crippen LogP) is 5.30. The van der Waals surface area contributed by atoms with Crippen LogP contribution in [0.25, 0.3) is 11.3 Å². The maximum atomic E-state index is 12.5. The molecule has 1 aliphatic heterocycles. The topological polar surface area (TPSA) is 78.5 Å². The highest BCUT2D eigenvalue weighted by molar-refractivity contribution is 7.84. The van der Waals surface area contributed by atoms with Crippen LogP contribution in [0.2, 0.25) is 5.02 Å². The number of carbonyl (C=O) groups excluding carboxylic acids is 1. The molecule has 1 atom stereocenters. The van der Waals surface area contributed by atoms with Crippen molar-refractivity contribution in [2.75, 3.05) is 11.5 Å². The van der Waals surface area contributed by atoms with Crippen molar-refractivity contribution < 1.29 is 13.9 Å². The summed E-state index contributed by atoms with van der Waals surface area (Å²) in [6, 6.07) is 20.1. The SMILES string of the molecule is CCOc1ccc(N2C(S)=C(C#N)C(=O)NC2c2ccc(-c3cccc(Cl)c3)o2)cc1. The smallest absolute Gasteiger partial charge is 0.266 e. The number of nitrogens with one attached hydrogen (secondary N) is 1. The van der Waals surface area contributed by atoms with E-state index >= 15 is 0 Å². The summed E-state index contributed by atoms with van der Waals surface area (Å²) >= 11 is 10.6. The molecule has 0 bridgehead atoms. The lowest BCUT2D eigenvalue weighted by Gasteiger charge is -2.36. The van der Waals surface area contributed by atoms with Gasteiger partial charge >= 0.3 is 0 Å². The van der Waals surface area contributed by atoms with Gasteiger partial charge < -0.3 is 19.4 Å². The summed E-state index contributed by atoms with van der Waals surface area (Å²) in [5.41, 5.74) is 1.45. The monoisotopic (exact) mass is 451 g/mol. The summed E-state index contributed by atoms with van der Waals surface area (Å²) < 4.78 is 11.6. The minimum atomic E-state index is -0.692. The molecule has 0 aliphatic carbocycles. The molecule has 0 saturated heterocycles. The van der Waals surface area contributed by atoms with Crippen molar-refractivity contribution in [1.29, 1.82) is 5.26 Å². The first-order valence-corrected chi connectivity index (χ1v) is 10.4. The fourth-order valence-corrected chi connectivity index (χ4v) is 3.91. The summed E-state index contributed by atoms with van der Waals surface area (Å²) in [5, 5.41) is 13.1. The van der Waals surface area contributed by atoms with Gasteiger partial charge in [0.15, 0.2) is 6.17 Å². The van der Waals surface area contributed by atoms with Crippen LogP contribution in [0.3, 0.4) is 0 Å². The summed E-state index contributed by atoms with van der Waals surface area (Å²) in [7, 11) is 0. The van der Waals surface area contributed by atoms with Crippen molar-refractivity contribution in [3.05, 3.63) is 82.0 Å². The molecule has 0 spiro atoms. The van der Waals surface area contributed by atoms with Crippen molar-refractivity contribution >= 4 is 35.8 Å². The normalized spacial score (nSPS) is 16.1. The van der Waals surface area contributed by atoms with Gasteiger partial charge in [-0.25, -0.2) is 0 Å². The number of halogens is 1. The molecule has 6 nitrogen and oxygen atoms in total. The molecule has 1 N–H and O–H groups in total. The molecule has 2 heterocycles. The highest BCUT2D eigenvalue weighted by Gasteiger charge is 2.35. The molecular formula is C23H18ClN3O3S. The summed E-state index contributed by atoms with van der Waals surface area (Å²) in [6.07, 6.45) is -0.692. The summed E-state index contributed by atoms with van der Waals surface area (Å²) in [4.78, 5) is 14.2. The summed E-state index contributed by atoms with van der Waals surface area (Å²) in [5.74, 6) is 1.30. The Labute approximate surface area is 190 Å². The van der Waals surface area contributed by atoms with E-state index < -0.39 is 12.1 Å². The maximum absolute atomic E-state index is 12.5. The Kier molecular flexibility index (Phi) is 5.94. The lowest BCUT2D eigenvalue weighted by atomic mass is 10.1. The van der Waals surface area contributed by atoms with Crippen LogP contribution in [0.15, 0.2) is 75.7 Å². The quantitative estimate of drug-likeness (QED) is 0.515. The van der Waals surface area contributed by atoms with E-state index in [-0.39, 0.29) is 10.6 Å². The number of benzene rings is 2. The number of amides is 1. The maximum Gasteiger partial charge on any atom is 0.266 e. The second-order valence-electron chi connectivity index (χ2n) is 6.70. The van der Waals surface area contributed by atoms with Crippen molar-refractivity contribution in [2.45, 2.75) is 13.1 Å². The molecule has 156 valence electrons. The molecular weight excluding hydrogens is 434 g/mol. The Balaban J connectivity index is 1.75. The Bertz CT molecular complexity index is 1200. The molecule has 0 radical (unpaired) electrons. The molecule has 1 aliphatic rings. The number of furan rings is 1. The number of rotatable bonds is 5. The zero-order chi connectivity index (χ0) is 22.0. The zero-order valence-corrected chi connectivity index (χ0v) is 18.2. The Hall–Kier alpha value is -3.34. The number of nitriles is 1. The van der Waals surface area contributed by atoms with Gasteiger partial charge in [0, 0.05) is 16.3 Å². The lowest BCUT2D eigenvalue weighted by Crippen LogP contribution is -2.45. The predicted molar refractivity (Wildman–Crippen MR) is 122 cm³/mol. The number of carbonyl (C=O) groups is 1. The highest BCUT2D eigenvalue weighted by atomic mass is 35.5. The first kappa shape index (κ1) is 20.9. The number of anilines is 1. The van der Waals surface area contributed by atoms with Crippen molar-refractivity contribution in [2.24, 2.45) is 0 Å². The number of hydrogen-bond donors (Lipinski definition) is 2. The van der Waals surface area contributed by atoms with Gasteiger partial charge in [-0.05, 0) is 55.5 Å². The Morgan fingerprint density at radius 1 is 1.23 bits per heavy atom.